The van der Waals surface area contributed by atoms with Crippen LogP contribution < -0.4 is 9.80 Å². The molecule has 1 aliphatic carbocycles. The SMILES string of the molecule is CC1(C)/C(=C\C=C2/CCCC(/C=C/C3N(CCC(F)(F)C(F)(F)C(F)(F)C(F)(F)F)c4ccccc4C3(C)C)=C2Sc2ccccc2)N(CCC(F)(F)C(F)(F)C(F)(F)C(F)(F)F)c2ccccc21. The normalized spacial score (nSPS) is 20.7. The molecular weight excluding hydrogens is 979 g/mol. The van der Waals surface area contributed by atoms with Crippen LogP contribution in [0.3, 0.4) is 0 Å². The summed E-state index contributed by atoms with van der Waals surface area (Å²) in [7, 11) is 0. The number of nitrogens with zero attached hydrogens (tertiary/aromatic N) is 2. The highest BCUT2D eigenvalue weighted by molar-refractivity contribution is 8.03. The van der Waals surface area contributed by atoms with Gasteiger partial charge in [-0.05, 0) is 71.9 Å². The molecule has 3 aromatic carbocycles. The van der Waals surface area contributed by atoms with E-state index >= 15 is 0 Å². The summed E-state index contributed by atoms with van der Waals surface area (Å²) in [4.78, 5) is 3.70. The van der Waals surface area contributed by atoms with E-state index in [1.807, 2.05) is 0 Å². The Balaban J connectivity index is 1.40. The number of benzene rings is 3. The number of allylic oxidation sites excluding steroid dienone is 6. The number of alkyl halides is 18. The number of thioether (sulfide) groups is 1. The molecule has 0 fully saturated rings. The highest BCUT2D eigenvalue weighted by Gasteiger charge is 2.82. The molecule has 3 aromatic rings. The van der Waals surface area contributed by atoms with E-state index in [-0.39, 0.29) is 17.1 Å². The lowest BCUT2D eigenvalue weighted by Crippen LogP contribution is -2.61. The molecular formula is C48H44F18N2S. The van der Waals surface area contributed by atoms with Gasteiger partial charge < -0.3 is 9.80 Å². The van der Waals surface area contributed by atoms with Crippen molar-refractivity contribution in [2.24, 2.45) is 0 Å². The van der Waals surface area contributed by atoms with E-state index in [4.69, 9.17) is 0 Å². The van der Waals surface area contributed by atoms with Gasteiger partial charge in [0.2, 0.25) is 0 Å². The first kappa shape index (κ1) is 53.7. The van der Waals surface area contributed by atoms with Crippen molar-refractivity contribution >= 4 is 23.1 Å². The van der Waals surface area contributed by atoms with E-state index in [0.29, 0.717) is 51.3 Å². The number of hydrogen-bond donors (Lipinski definition) is 0. The predicted molar refractivity (Wildman–Crippen MR) is 227 cm³/mol. The van der Waals surface area contributed by atoms with Crippen LogP contribution in [0.15, 0.2) is 130 Å². The molecule has 69 heavy (non-hydrogen) atoms. The van der Waals surface area contributed by atoms with Crippen LogP contribution in [0.1, 0.15) is 70.9 Å². The molecule has 1 unspecified atom stereocenters. The first-order valence-electron chi connectivity index (χ1n) is 21.3. The minimum absolute atomic E-state index is 0.195. The summed E-state index contributed by atoms with van der Waals surface area (Å²) in [5, 5.41) is 0. The minimum atomic E-state index is -7.07. The topological polar surface area (TPSA) is 6.48 Å². The maximum Gasteiger partial charge on any atom is 0.460 e. The average molecular weight is 1020 g/mol. The van der Waals surface area contributed by atoms with Crippen molar-refractivity contribution in [3.05, 3.63) is 136 Å². The quantitative estimate of drug-likeness (QED) is 0.140. The minimum Gasteiger partial charge on any atom is -0.364 e. The molecule has 2 aliphatic heterocycles. The van der Waals surface area contributed by atoms with Gasteiger partial charge in [-0.2, -0.15) is 79.0 Å². The monoisotopic (exact) mass is 1020 g/mol. The summed E-state index contributed by atoms with van der Waals surface area (Å²) < 4.78 is 251. The van der Waals surface area contributed by atoms with E-state index < -0.39 is 90.7 Å². The van der Waals surface area contributed by atoms with Crippen molar-refractivity contribution in [3.63, 3.8) is 0 Å². The van der Waals surface area contributed by atoms with Gasteiger partial charge in [0, 0.05) is 63.6 Å². The van der Waals surface area contributed by atoms with Crippen molar-refractivity contribution in [1.29, 1.82) is 0 Å². The lowest BCUT2D eigenvalue weighted by molar-refractivity contribution is -0.396. The van der Waals surface area contributed by atoms with Crippen LogP contribution in [0.5, 0.6) is 0 Å². The van der Waals surface area contributed by atoms with Gasteiger partial charge in [-0.1, -0.05) is 112 Å². The van der Waals surface area contributed by atoms with Crippen LogP contribution in [0.2, 0.25) is 0 Å². The zero-order valence-electron chi connectivity index (χ0n) is 36.9. The highest BCUT2D eigenvalue weighted by atomic mass is 32.2. The van der Waals surface area contributed by atoms with Crippen LogP contribution >= 0.6 is 11.8 Å². The fourth-order valence-electron chi connectivity index (χ4n) is 8.94. The van der Waals surface area contributed by atoms with Gasteiger partial charge in [-0.15, -0.1) is 0 Å². The summed E-state index contributed by atoms with van der Waals surface area (Å²) in [5.41, 5.74) is 0.833. The van der Waals surface area contributed by atoms with Crippen LogP contribution in [0, 0.1) is 0 Å². The van der Waals surface area contributed by atoms with E-state index in [0.717, 1.165) is 4.90 Å². The Morgan fingerprint density at radius 3 is 1.61 bits per heavy atom. The Bertz CT molecular complexity index is 2480. The maximum atomic E-state index is 15.0. The Morgan fingerprint density at radius 1 is 0.565 bits per heavy atom. The molecule has 0 radical (unpaired) electrons. The van der Waals surface area contributed by atoms with E-state index in [1.54, 1.807) is 101 Å². The van der Waals surface area contributed by atoms with Crippen molar-refractivity contribution in [3.8, 4) is 0 Å². The van der Waals surface area contributed by atoms with Crippen LogP contribution in [0.25, 0.3) is 0 Å². The molecule has 0 N–H and O–H groups in total. The molecule has 0 aromatic heterocycles. The van der Waals surface area contributed by atoms with Crippen LogP contribution in [0.4, 0.5) is 90.4 Å². The number of fused-ring (bicyclic) bond motifs is 2. The van der Waals surface area contributed by atoms with E-state index in [2.05, 4.69) is 0 Å². The zero-order chi connectivity index (χ0) is 51.6. The summed E-state index contributed by atoms with van der Waals surface area (Å²) in [6, 6.07) is 20.2. The molecule has 1 atom stereocenters. The Kier molecular flexibility index (Phi) is 14.1. The van der Waals surface area contributed by atoms with Crippen molar-refractivity contribution in [2.75, 3.05) is 22.9 Å². The summed E-state index contributed by atoms with van der Waals surface area (Å²) in [6.45, 7) is 4.52. The summed E-state index contributed by atoms with van der Waals surface area (Å²) in [6.07, 6.45) is -10.6. The van der Waals surface area contributed by atoms with Gasteiger partial charge in [0.25, 0.3) is 0 Å². The van der Waals surface area contributed by atoms with E-state index in [9.17, 15) is 79.0 Å². The first-order chi connectivity index (χ1) is 31.6. The van der Waals surface area contributed by atoms with Crippen molar-refractivity contribution in [2.45, 2.75) is 129 Å². The molecule has 2 heterocycles. The number of hydrogen-bond acceptors (Lipinski definition) is 3. The standard InChI is InChI=1S/C48H44F18N2S/c1-39(2)32-17-8-10-19-34(32)67(27-25-41(49,50)43(53,54)45(57,58)47(61,62)63)36(39)23-21-29-13-12-14-30(38(29)69-31-15-6-5-7-16-31)22-24-37-40(3,4)33-18-9-11-20-35(33)68(37)28-26-42(51,52)44(55,56)46(59,60)48(64,65)66/h5-11,15-24,36H,12-14,25-28H2,1-4H3/b23-21+,30-22+,37-24+. The molecule has 0 saturated heterocycles. The largest absolute Gasteiger partial charge is 0.460 e. The first-order valence-corrected chi connectivity index (χ1v) is 22.1. The van der Waals surface area contributed by atoms with E-state index in [1.165, 1.54) is 47.0 Å². The van der Waals surface area contributed by atoms with Gasteiger partial charge in [-0.3, -0.25) is 0 Å². The number of anilines is 2. The van der Waals surface area contributed by atoms with Crippen molar-refractivity contribution < 1.29 is 79.0 Å². The third-order valence-electron chi connectivity index (χ3n) is 12.9. The second kappa shape index (κ2) is 18.2. The third-order valence-corrected chi connectivity index (χ3v) is 14.1. The fraction of sp³-hybridized carbons (Fsp3) is 0.458. The predicted octanol–water partition coefficient (Wildman–Crippen LogP) is 16.3. The van der Waals surface area contributed by atoms with Gasteiger partial charge >= 0.3 is 47.9 Å². The second-order valence-corrected chi connectivity index (χ2v) is 19.2. The third kappa shape index (κ3) is 9.38. The number of rotatable bonds is 15. The van der Waals surface area contributed by atoms with Crippen LogP contribution in [-0.4, -0.2) is 67.0 Å². The number of halogens is 18. The Hall–Kier alpha value is -4.69. The lowest BCUT2D eigenvalue weighted by atomic mass is 9.80. The molecule has 0 spiro atoms. The van der Waals surface area contributed by atoms with Gasteiger partial charge in [0.05, 0.1) is 6.04 Å². The lowest BCUT2D eigenvalue weighted by Gasteiger charge is -2.36. The highest BCUT2D eigenvalue weighted by Crippen LogP contribution is 2.57. The molecule has 2 nitrogen and oxygen atoms in total. The van der Waals surface area contributed by atoms with Gasteiger partial charge in [0.15, 0.2) is 0 Å². The Morgan fingerprint density at radius 2 is 1.06 bits per heavy atom. The zero-order valence-corrected chi connectivity index (χ0v) is 37.8. The molecule has 3 aliphatic rings. The van der Waals surface area contributed by atoms with Gasteiger partial charge in [0.1, 0.15) is 0 Å². The molecule has 0 amide bonds. The van der Waals surface area contributed by atoms with Crippen molar-refractivity contribution in [1.82, 2.24) is 0 Å². The smallest absolute Gasteiger partial charge is 0.364 e. The molecule has 6 rings (SSSR count). The molecule has 0 bridgehead atoms. The maximum absolute atomic E-state index is 15.0. The van der Waals surface area contributed by atoms with Gasteiger partial charge in [-0.25, -0.2) is 0 Å². The number of para-hydroxylation sites is 2. The fourth-order valence-corrected chi connectivity index (χ4v) is 10.1. The summed E-state index contributed by atoms with van der Waals surface area (Å²) >= 11 is 1.28. The average Bonchev–Trinajstić information content (AvgIpc) is 3.61. The molecule has 0 saturated carbocycles. The molecule has 378 valence electrons. The second-order valence-electron chi connectivity index (χ2n) is 18.1. The summed E-state index contributed by atoms with van der Waals surface area (Å²) in [5.74, 6) is -39.4. The molecule has 21 heteroatoms. The van der Waals surface area contributed by atoms with Crippen LogP contribution in [-0.2, 0) is 10.8 Å². The Labute approximate surface area is 389 Å².